The van der Waals surface area contributed by atoms with Crippen molar-refractivity contribution in [2.45, 2.75) is 44.4 Å². The van der Waals surface area contributed by atoms with E-state index in [2.05, 4.69) is 10.2 Å². The number of carbonyl (C=O) groups is 1. The molecule has 3 rings (SSSR count). The number of aromatic amines is 1. The summed E-state index contributed by atoms with van der Waals surface area (Å²) in [5.74, 6) is 0.501. The second-order valence-electron chi connectivity index (χ2n) is 5.38. The van der Waals surface area contributed by atoms with E-state index < -0.39 is 0 Å². The lowest BCUT2D eigenvalue weighted by Gasteiger charge is -2.19. The zero-order valence-electron chi connectivity index (χ0n) is 10.6. The molecular weight excluding hydrogens is 228 g/mol. The van der Waals surface area contributed by atoms with Gasteiger partial charge in [0.2, 0.25) is 0 Å². The first-order valence-corrected chi connectivity index (χ1v) is 6.90. The lowest BCUT2D eigenvalue weighted by atomic mass is 10.2. The number of nitrogens with one attached hydrogen (secondary N) is 1. The number of rotatable bonds is 2. The van der Waals surface area contributed by atoms with Crippen LogP contribution in [0.4, 0.5) is 5.69 Å². The van der Waals surface area contributed by atoms with Crippen molar-refractivity contribution in [3.05, 3.63) is 11.4 Å². The van der Waals surface area contributed by atoms with Gasteiger partial charge >= 0.3 is 0 Å². The van der Waals surface area contributed by atoms with E-state index in [0.717, 1.165) is 44.5 Å². The monoisotopic (exact) mass is 248 g/mol. The number of aromatic nitrogens is 2. The molecule has 3 N–H and O–H groups in total. The summed E-state index contributed by atoms with van der Waals surface area (Å²) in [5.41, 5.74) is 8.02. The molecule has 5 nitrogen and oxygen atoms in total. The maximum Gasteiger partial charge on any atom is 0.276 e. The van der Waals surface area contributed by atoms with Crippen LogP contribution in [-0.4, -0.2) is 34.1 Å². The Balaban J connectivity index is 1.78. The van der Waals surface area contributed by atoms with Crippen LogP contribution < -0.4 is 5.73 Å². The van der Waals surface area contributed by atoms with Crippen LogP contribution in [0.1, 0.15) is 60.6 Å². The molecule has 1 aromatic heterocycles. The number of amides is 1. The van der Waals surface area contributed by atoms with Gasteiger partial charge in [-0.2, -0.15) is 5.10 Å². The molecule has 2 heterocycles. The average molecular weight is 248 g/mol. The van der Waals surface area contributed by atoms with Gasteiger partial charge in [0.05, 0.1) is 11.4 Å². The van der Waals surface area contributed by atoms with Gasteiger partial charge in [0, 0.05) is 19.0 Å². The number of hydrogen-bond acceptors (Lipinski definition) is 3. The number of nitrogens with zero attached hydrogens (tertiary/aromatic N) is 2. The SMILES string of the molecule is Nc1c(C(=O)N2CCCCCC2)n[nH]c1C1CC1. The van der Waals surface area contributed by atoms with E-state index in [4.69, 9.17) is 5.73 Å². The van der Waals surface area contributed by atoms with E-state index in [-0.39, 0.29) is 5.91 Å². The van der Waals surface area contributed by atoms with E-state index in [9.17, 15) is 4.79 Å². The first kappa shape index (κ1) is 11.6. The number of hydrogen-bond donors (Lipinski definition) is 2. The Morgan fingerprint density at radius 3 is 2.50 bits per heavy atom. The molecule has 0 unspecified atom stereocenters. The highest BCUT2D eigenvalue weighted by atomic mass is 16.2. The molecule has 1 aliphatic heterocycles. The van der Waals surface area contributed by atoms with Crippen LogP contribution in [0.15, 0.2) is 0 Å². The molecule has 1 saturated heterocycles. The topological polar surface area (TPSA) is 75.0 Å². The van der Waals surface area contributed by atoms with Gasteiger partial charge in [0.1, 0.15) is 0 Å². The zero-order chi connectivity index (χ0) is 12.5. The molecule has 1 saturated carbocycles. The third kappa shape index (κ3) is 2.09. The maximum atomic E-state index is 12.4. The van der Waals surface area contributed by atoms with E-state index in [0.29, 0.717) is 17.3 Å². The van der Waals surface area contributed by atoms with Gasteiger partial charge in [-0.25, -0.2) is 0 Å². The molecular formula is C13H20N4O. The van der Waals surface area contributed by atoms with Crippen LogP contribution in [0.5, 0.6) is 0 Å². The van der Waals surface area contributed by atoms with Gasteiger partial charge in [0.15, 0.2) is 5.69 Å². The van der Waals surface area contributed by atoms with Crippen molar-refractivity contribution in [1.82, 2.24) is 15.1 Å². The van der Waals surface area contributed by atoms with Crippen LogP contribution in [0.2, 0.25) is 0 Å². The normalized spacial score (nSPS) is 20.8. The Bertz CT molecular complexity index is 442. The van der Waals surface area contributed by atoms with Gasteiger partial charge in [-0.3, -0.25) is 9.89 Å². The molecule has 2 fully saturated rings. The Morgan fingerprint density at radius 1 is 1.22 bits per heavy atom. The third-order valence-electron chi connectivity index (χ3n) is 3.91. The van der Waals surface area contributed by atoms with Gasteiger partial charge in [-0.15, -0.1) is 0 Å². The smallest absolute Gasteiger partial charge is 0.276 e. The summed E-state index contributed by atoms with van der Waals surface area (Å²) in [6, 6.07) is 0. The van der Waals surface area contributed by atoms with Crippen molar-refractivity contribution < 1.29 is 4.79 Å². The van der Waals surface area contributed by atoms with Crippen LogP contribution in [-0.2, 0) is 0 Å². The van der Waals surface area contributed by atoms with Gasteiger partial charge in [-0.1, -0.05) is 12.8 Å². The zero-order valence-corrected chi connectivity index (χ0v) is 10.6. The van der Waals surface area contributed by atoms with Crippen molar-refractivity contribution in [2.24, 2.45) is 0 Å². The van der Waals surface area contributed by atoms with E-state index >= 15 is 0 Å². The van der Waals surface area contributed by atoms with E-state index in [1.54, 1.807) is 0 Å². The summed E-state index contributed by atoms with van der Waals surface area (Å²) < 4.78 is 0. The van der Waals surface area contributed by atoms with Crippen LogP contribution in [0.25, 0.3) is 0 Å². The predicted molar refractivity (Wildman–Crippen MR) is 69.3 cm³/mol. The molecule has 98 valence electrons. The predicted octanol–water partition coefficient (Wildman–Crippen LogP) is 1.89. The molecule has 1 aromatic rings. The molecule has 5 heteroatoms. The number of nitrogens with two attached hydrogens (primary N) is 1. The fourth-order valence-electron chi connectivity index (χ4n) is 2.63. The molecule has 0 bridgehead atoms. The molecule has 18 heavy (non-hydrogen) atoms. The van der Waals surface area contributed by atoms with Crippen molar-refractivity contribution >= 4 is 11.6 Å². The van der Waals surface area contributed by atoms with Gasteiger partial charge in [0.25, 0.3) is 5.91 Å². The minimum Gasteiger partial charge on any atom is -0.395 e. The Labute approximate surface area is 107 Å². The molecule has 0 radical (unpaired) electrons. The molecule has 0 spiro atoms. The molecule has 2 aliphatic rings. The number of H-pyrrole nitrogens is 1. The van der Waals surface area contributed by atoms with Crippen LogP contribution in [0.3, 0.4) is 0 Å². The minimum atomic E-state index is -0.00227. The lowest BCUT2D eigenvalue weighted by Crippen LogP contribution is -2.32. The molecule has 0 aromatic carbocycles. The first-order valence-electron chi connectivity index (χ1n) is 6.90. The average Bonchev–Trinajstić information content (AvgIpc) is 3.17. The molecule has 1 aliphatic carbocycles. The highest BCUT2D eigenvalue weighted by Crippen LogP contribution is 2.42. The summed E-state index contributed by atoms with van der Waals surface area (Å²) in [5, 5.41) is 7.09. The van der Waals surface area contributed by atoms with Crippen LogP contribution >= 0.6 is 0 Å². The summed E-state index contributed by atoms with van der Waals surface area (Å²) in [6.07, 6.45) is 6.92. The largest absolute Gasteiger partial charge is 0.395 e. The van der Waals surface area contributed by atoms with Gasteiger partial charge < -0.3 is 10.6 Å². The van der Waals surface area contributed by atoms with Crippen molar-refractivity contribution in [2.75, 3.05) is 18.8 Å². The van der Waals surface area contributed by atoms with E-state index in [1.165, 1.54) is 12.8 Å². The van der Waals surface area contributed by atoms with Crippen molar-refractivity contribution in [1.29, 1.82) is 0 Å². The number of carbonyl (C=O) groups excluding carboxylic acids is 1. The van der Waals surface area contributed by atoms with Gasteiger partial charge in [-0.05, 0) is 25.7 Å². The highest BCUT2D eigenvalue weighted by Gasteiger charge is 2.31. The van der Waals surface area contributed by atoms with Crippen molar-refractivity contribution in [3.8, 4) is 0 Å². The summed E-state index contributed by atoms with van der Waals surface area (Å²) in [7, 11) is 0. The molecule has 0 atom stereocenters. The maximum absolute atomic E-state index is 12.4. The highest BCUT2D eigenvalue weighted by molar-refractivity contribution is 5.97. The van der Waals surface area contributed by atoms with Crippen LogP contribution in [0, 0.1) is 0 Å². The first-order chi connectivity index (χ1) is 8.77. The summed E-state index contributed by atoms with van der Waals surface area (Å²) in [4.78, 5) is 14.3. The summed E-state index contributed by atoms with van der Waals surface area (Å²) in [6.45, 7) is 1.67. The minimum absolute atomic E-state index is 0.00227. The van der Waals surface area contributed by atoms with Crippen molar-refractivity contribution in [3.63, 3.8) is 0 Å². The second-order valence-corrected chi connectivity index (χ2v) is 5.38. The fourth-order valence-corrected chi connectivity index (χ4v) is 2.63. The fraction of sp³-hybridized carbons (Fsp3) is 0.692. The number of likely N-dealkylation sites (tertiary alicyclic amines) is 1. The van der Waals surface area contributed by atoms with E-state index in [1.807, 2.05) is 4.90 Å². The Hall–Kier alpha value is -1.52. The Morgan fingerprint density at radius 2 is 1.89 bits per heavy atom. The second kappa shape index (κ2) is 4.63. The number of nitrogen functional groups attached to an aromatic ring is 1. The molecule has 1 amide bonds. The lowest BCUT2D eigenvalue weighted by molar-refractivity contribution is 0.0757. The third-order valence-corrected chi connectivity index (χ3v) is 3.91. The Kier molecular flexibility index (Phi) is 2.97. The number of anilines is 1. The standard InChI is InChI=1S/C13H20N4O/c14-10-11(9-5-6-9)15-16-12(10)13(18)17-7-3-1-2-4-8-17/h9H,1-8,14H2,(H,15,16). The quantitative estimate of drug-likeness (QED) is 0.839. The summed E-state index contributed by atoms with van der Waals surface area (Å²) >= 11 is 0.